The second-order valence-corrected chi connectivity index (χ2v) is 5.46. The Morgan fingerprint density at radius 2 is 2.20 bits per heavy atom. The molecule has 1 aliphatic heterocycles. The molecule has 1 atom stereocenters. The number of amides is 2. The number of rotatable bonds is 3. The number of carbonyl (C=O) groups excluding carboxylic acids is 2. The molecule has 1 aromatic carbocycles. The summed E-state index contributed by atoms with van der Waals surface area (Å²) in [7, 11) is 1.48. The summed E-state index contributed by atoms with van der Waals surface area (Å²) < 4.78 is 0. The third kappa shape index (κ3) is 2.91. The molecule has 2 amide bonds. The molecule has 1 heterocycles. The summed E-state index contributed by atoms with van der Waals surface area (Å²) in [5.74, 6) is -0.441. The SMILES string of the molecule is CN1C(=O)CCC(Nc2cc(Cl)ccc2C(N)=S)C1=O. The molecule has 1 aromatic rings. The van der Waals surface area contributed by atoms with Crippen LogP contribution >= 0.6 is 23.8 Å². The van der Waals surface area contributed by atoms with Crippen molar-refractivity contribution >= 4 is 46.3 Å². The third-order valence-corrected chi connectivity index (χ3v) is 3.68. The highest BCUT2D eigenvalue weighted by Crippen LogP contribution is 2.24. The molecular weight excluding hydrogens is 298 g/mol. The normalized spacial score (nSPS) is 19.1. The molecular formula is C13H14ClN3O2S. The molecule has 3 N–H and O–H groups in total. The topological polar surface area (TPSA) is 75.4 Å². The van der Waals surface area contributed by atoms with Gasteiger partial charge in [0.15, 0.2) is 0 Å². The molecule has 1 unspecified atom stereocenters. The Bertz CT molecular complexity index is 591. The smallest absolute Gasteiger partial charge is 0.251 e. The van der Waals surface area contributed by atoms with Crippen LogP contribution in [0.2, 0.25) is 5.02 Å². The first-order valence-electron chi connectivity index (χ1n) is 6.06. The van der Waals surface area contributed by atoms with Gasteiger partial charge in [0.25, 0.3) is 5.91 Å². The Morgan fingerprint density at radius 3 is 2.85 bits per heavy atom. The number of hydrogen-bond acceptors (Lipinski definition) is 4. The number of halogens is 1. The van der Waals surface area contributed by atoms with Crippen molar-refractivity contribution in [2.24, 2.45) is 5.73 Å². The third-order valence-electron chi connectivity index (χ3n) is 3.23. The number of anilines is 1. The number of benzene rings is 1. The van der Waals surface area contributed by atoms with Gasteiger partial charge in [0.1, 0.15) is 11.0 Å². The van der Waals surface area contributed by atoms with Crippen LogP contribution in [0.25, 0.3) is 0 Å². The highest BCUT2D eigenvalue weighted by Gasteiger charge is 2.32. The Morgan fingerprint density at radius 1 is 1.50 bits per heavy atom. The maximum atomic E-state index is 12.1. The summed E-state index contributed by atoms with van der Waals surface area (Å²) in [5, 5.41) is 3.59. The van der Waals surface area contributed by atoms with E-state index < -0.39 is 6.04 Å². The van der Waals surface area contributed by atoms with Crippen molar-refractivity contribution < 1.29 is 9.59 Å². The number of likely N-dealkylation sites (tertiary alicyclic amines) is 1. The first-order chi connectivity index (χ1) is 9.40. The van der Waals surface area contributed by atoms with Gasteiger partial charge in [0, 0.05) is 29.7 Å². The maximum Gasteiger partial charge on any atom is 0.251 e. The highest BCUT2D eigenvalue weighted by atomic mass is 35.5. The van der Waals surface area contributed by atoms with Crippen LogP contribution in [0, 0.1) is 0 Å². The summed E-state index contributed by atoms with van der Waals surface area (Å²) in [6.07, 6.45) is 0.758. The van der Waals surface area contributed by atoms with Gasteiger partial charge in [-0.25, -0.2) is 0 Å². The molecule has 2 rings (SSSR count). The molecule has 0 spiro atoms. The summed E-state index contributed by atoms with van der Waals surface area (Å²) in [6, 6.07) is 4.57. The van der Waals surface area contributed by atoms with E-state index in [9.17, 15) is 9.59 Å². The lowest BCUT2D eigenvalue weighted by atomic mass is 10.0. The van der Waals surface area contributed by atoms with Gasteiger partial charge in [0.05, 0.1) is 0 Å². The molecule has 20 heavy (non-hydrogen) atoms. The number of nitrogens with two attached hydrogens (primary N) is 1. The quantitative estimate of drug-likeness (QED) is 0.654. The molecule has 5 nitrogen and oxygen atoms in total. The zero-order chi connectivity index (χ0) is 14.9. The lowest BCUT2D eigenvalue weighted by Gasteiger charge is -2.29. The van der Waals surface area contributed by atoms with Crippen molar-refractivity contribution in [3.8, 4) is 0 Å². The van der Waals surface area contributed by atoms with Gasteiger partial charge in [0.2, 0.25) is 5.91 Å². The molecule has 0 aliphatic carbocycles. The first kappa shape index (κ1) is 14.7. The van der Waals surface area contributed by atoms with Crippen LogP contribution in [0.15, 0.2) is 18.2 Å². The lowest BCUT2D eigenvalue weighted by molar-refractivity contribution is -0.146. The number of thiocarbonyl (C=S) groups is 1. The van der Waals surface area contributed by atoms with E-state index in [2.05, 4.69) is 5.32 Å². The number of carbonyl (C=O) groups is 2. The van der Waals surface area contributed by atoms with Gasteiger partial charge in [-0.2, -0.15) is 0 Å². The minimum absolute atomic E-state index is 0.172. The number of imide groups is 1. The van der Waals surface area contributed by atoms with Crippen molar-refractivity contribution in [1.82, 2.24) is 4.90 Å². The molecule has 0 saturated carbocycles. The molecule has 0 radical (unpaired) electrons. The van der Waals surface area contributed by atoms with E-state index in [1.807, 2.05) is 0 Å². The molecule has 0 aromatic heterocycles. The van der Waals surface area contributed by atoms with Crippen LogP contribution in [-0.4, -0.2) is 34.8 Å². The fourth-order valence-electron chi connectivity index (χ4n) is 2.09. The average Bonchev–Trinajstić information content (AvgIpc) is 2.39. The van der Waals surface area contributed by atoms with E-state index in [-0.39, 0.29) is 16.8 Å². The number of nitrogens with one attached hydrogen (secondary N) is 1. The van der Waals surface area contributed by atoms with Crippen LogP contribution in [-0.2, 0) is 9.59 Å². The van der Waals surface area contributed by atoms with E-state index >= 15 is 0 Å². The van der Waals surface area contributed by atoms with E-state index in [1.165, 1.54) is 7.05 Å². The second kappa shape index (κ2) is 5.76. The zero-order valence-electron chi connectivity index (χ0n) is 10.9. The molecule has 0 bridgehead atoms. The van der Waals surface area contributed by atoms with Crippen molar-refractivity contribution in [3.63, 3.8) is 0 Å². The molecule has 1 saturated heterocycles. The molecule has 106 valence electrons. The van der Waals surface area contributed by atoms with Crippen LogP contribution in [0.5, 0.6) is 0 Å². The average molecular weight is 312 g/mol. The maximum absolute atomic E-state index is 12.1. The Labute approximate surface area is 127 Å². The van der Waals surface area contributed by atoms with Gasteiger partial charge in [-0.15, -0.1) is 0 Å². The summed E-state index contributed by atoms with van der Waals surface area (Å²) in [6.45, 7) is 0. The largest absolute Gasteiger partial charge is 0.389 e. The van der Waals surface area contributed by atoms with Gasteiger partial charge in [-0.1, -0.05) is 23.8 Å². The lowest BCUT2D eigenvalue weighted by Crippen LogP contribution is -2.48. The van der Waals surface area contributed by atoms with E-state index in [4.69, 9.17) is 29.6 Å². The fourth-order valence-corrected chi connectivity index (χ4v) is 2.44. The van der Waals surface area contributed by atoms with Gasteiger partial charge in [-0.3, -0.25) is 14.5 Å². The number of nitrogens with zero attached hydrogens (tertiary/aromatic N) is 1. The molecule has 1 fully saturated rings. The summed E-state index contributed by atoms with van der Waals surface area (Å²) >= 11 is 10.9. The van der Waals surface area contributed by atoms with Crippen LogP contribution in [0.1, 0.15) is 18.4 Å². The summed E-state index contributed by atoms with van der Waals surface area (Å²) in [5.41, 5.74) is 6.88. The van der Waals surface area contributed by atoms with Crippen LogP contribution < -0.4 is 11.1 Å². The van der Waals surface area contributed by atoms with Gasteiger partial charge < -0.3 is 11.1 Å². The van der Waals surface area contributed by atoms with E-state index in [0.29, 0.717) is 29.1 Å². The van der Waals surface area contributed by atoms with Crippen molar-refractivity contribution in [2.45, 2.75) is 18.9 Å². The van der Waals surface area contributed by atoms with E-state index in [1.54, 1.807) is 18.2 Å². The van der Waals surface area contributed by atoms with Gasteiger partial charge >= 0.3 is 0 Å². The van der Waals surface area contributed by atoms with Crippen LogP contribution in [0.3, 0.4) is 0 Å². The molecule has 1 aliphatic rings. The number of likely N-dealkylation sites (N-methyl/N-ethyl adjacent to an activating group) is 1. The minimum atomic E-state index is -0.482. The zero-order valence-corrected chi connectivity index (χ0v) is 12.4. The Balaban J connectivity index is 2.26. The summed E-state index contributed by atoms with van der Waals surface area (Å²) in [4.78, 5) is 24.8. The Hall–Kier alpha value is -1.66. The Kier molecular flexibility index (Phi) is 4.25. The minimum Gasteiger partial charge on any atom is -0.389 e. The fraction of sp³-hybridized carbons (Fsp3) is 0.308. The van der Waals surface area contributed by atoms with Gasteiger partial charge in [-0.05, 0) is 24.6 Å². The highest BCUT2D eigenvalue weighted by molar-refractivity contribution is 7.80. The number of piperidine rings is 1. The standard InChI is InChI=1S/C13H14ClN3O2S/c1-17-11(18)5-4-9(13(17)19)16-10-6-7(14)2-3-8(10)12(15)20/h2-3,6,9,16H,4-5H2,1H3,(H2,15,20). The van der Waals surface area contributed by atoms with E-state index in [0.717, 1.165) is 4.90 Å². The predicted molar refractivity (Wildman–Crippen MR) is 81.8 cm³/mol. The predicted octanol–water partition coefficient (Wildman–Crippen LogP) is 1.53. The first-order valence-corrected chi connectivity index (χ1v) is 6.85. The van der Waals surface area contributed by atoms with Crippen molar-refractivity contribution in [2.75, 3.05) is 12.4 Å². The molecule has 7 heteroatoms. The monoisotopic (exact) mass is 311 g/mol. The van der Waals surface area contributed by atoms with Crippen molar-refractivity contribution in [1.29, 1.82) is 0 Å². The second-order valence-electron chi connectivity index (χ2n) is 4.58. The van der Waals surface area contributed by atoms with Crippen molar-refractivity contribution in [3.05, 3.63) is 28.8 Å². The number of hydrogen-bond donors (Lipinski definition) is 2. The van der Waals surface area contributed by atoms with Crippen LogP contribution in [0.4, 0.5) is 5.69 Å².